The van der Waals surface area contributed by atoms with Crippen molar-refractivity contribution in [2.75, 3.05) is 73.8 Å². The van der Waals surface area contributed by atoms with E-state index in [0.29, 0.717) is 54.8 Å². The minimum atomic E-state index is -4.30. The molecule has 13 nitrogen and oxygen atoms in total. The van der Waals surface area contributed by atoms with Crippen LogP contribution in [-0.4, -0.2) is 104 Å². The third-order valence-electron chi connectivity index (χ3n) is 10.3. The minimum absolute atomic E-state index is 0.0132. The number of nitro groups is 1. The fraction of sp³-hybridized carbons (Fsp3) is 0.250. The normalized spacial score (nSPS) is 13.7. The molecule has 0 saturated carbocycles. The van der Waals surface area contributed by atoms with Crippen molar-refractivity contribution in [2.45, 2.75) is 27.1 Å². The molecule has 1 atom stereocenters. The van der Waals surface area contributed by atoms with Gasteiger partial charge in [-0.3, -0.25) is 19.6 Å². The topological polar surface area (TPSA) is 154 Å². The van der Waals surface area contributed by atoms with E-state index in [-0.39, 0.29) is 34.0 Å². The molecule has 2 N–H and O–H groups in total. The maximum absolute atomic E-state index is 13.8. The van der Waals surface area contributed by atoms with Crippen molar-refractivity contribution in [3.8, 4) is 11.1 Å². The van der Waals surface area contributed by atoms with Gasteiger partial charge in [0.2, 0.25) is 0 Å². The summed E-state index contributed by atoms with van der Waals surface area (Å²) in [5.41, 5.74) is 3.85. The Hall–Kier alpha value is -5.68. The van der Waals surface area contributed by atoms with Gasteiger partial charge >= 0.3 is 0 Å². The van der Waals surface area contributed by atoms with Gasteiger partial charge in [-0.05, 0) is 105 Å². The lowest BCUT2D eigenvalue weighted by Crippen LogP contribution is -2.48. The molecule has 0 aliphatic carbocycles. The first-order valence-electron chi connectivity index (χ1n) is 19.4. The van der Waals surface area contributed by atoms with Gasteiger partial charge in [0, 0.05) is 70.5 Å². The lowest BCUT2D eigenvalue weighted by Gasteiger charge is -2.36. The summed E-state index contributed by atoms with van der Waals surface area (Å²) in [6, 6.07) is 35.1. The Labute approximate surface area is 358 Å². The van der Waals surface area contributed by atoms with E-state index in [4.69, 9.17) is 0 Å². The number of fused-ring (bicyclic) bond motifs is 1. The van der Waals surface area contributed by atoms with Gasteiger partial charge in [0.15, 0.2) is 5.82 Å². The Kier molecular flexibility index (Phi) is 13.5. The van der Waals surface area contributed by atoms with E-state index in [1.54, 1.807) is 29.6 Å². The summed E-state index contributed by atoms with van der Waals surface area (Å²) in [6.45, 7) is 2.99. The highest BCUT2D eigenvalue weighted by Crippen LogP contribution is 2.33. The van der Waals surface area contributed by atoms with E-state index in [1.807, 2.05) is 104 Å². The largest absolute Gasteiger partial charge is 0.376 e. The maximum atomic E-state index is 13.8. The summed E-state index contributed by atoms with van der Waals surface area (Å²) < 4.78 is 30.1. The summed E-state index contributed by atoms with van der Waals surface area (Å²) >= 11 is 3.32. The number of carbonyl (C=O) groups excluding carboxylic acids is 1. The number of hydrogen-bond acceptors (Lipinski definition) is 12. The van der Waals surface area contributed by atoms with Crippen LogP contribution in [0.5, 0.6) is 0 Å². The number of nitrogens with zero attached hydrogens (tertiary/aromatic N) is 6. The highest BCUT2D eigenvalue weighted by Gasteiger charge is 2.27. The molecule has 0 bridgehead atoms. The van der Waals surface area contributed by atoms with Crippen molar-refractivity contribution in [2.24, 2.45) is 0 Å². The number of rotatable bonds is 16. The van der Waals surface area contributed by atoms with Crippen molar-refractivity contribution < 1.29 is 18.1 Å². The smallest absolute Gasteiger partial charge is 0.293 e. The van der Waals surface area contributed by atoms with Gasteiger partial charge < -0.3 is 20.0 Å². The Morgan fingerprint density at radius 1 is 0.883 bits per heavy atom. The van der Waals surface area contributed by atoms with Crippen molar-refractivity contribution in [3.05, 3.63) is 137 Å². The van der Waals surface area contributed by atoms with Gasteiger partial charge in [-0.25, -0.2) is 18.4 Å². The Morgan fingerprint density at radius 3 is 2.33 bits per heavy atom. The fourth-order valence-electron chi connectivity index (χ4n) is 7.04. The number of thioether (sulfide) groups is 2. The second kappa shape index (κ2) is 19.1. The summed E-state index contributed by atoms with van der Waals surface area (Å²) in [5.74, 6) is 0.689. The molecule has 0 spiro atoms. The van der Waals surface area contributed by atoms with Crippen LogP contribution in [-0.2, 0) is 10.0 Å². The zero-order chi connectivity index (χ0) is 42.2. The fourth-order valence-corrected chi connectivity index (χ4v) is 9.49. The van der Waals surface area contributed by atoms with Crippen LogP contribution in [0.15, 0.2) is 136 Å². The lowest BCUT2D eigenvalue weighted by molar-refractivity contribution is -0.384. The molecule has 1 aliphatic rings. The van der Waals surface area contributed by atoms with Gasteiger partial charge in [0.05, 0.1) is 15.3 Å². The molecule has 6 aromatic rings. The monoisotopic (exact) mass is 862 g/mol. The number of benzene rings is 5. The summed E-state index contributed by atoms with van der Waals surface area (Å²) in [6.07, 6.45) is 4.03. The SMILES string of the molecule is CSc1ccc(-c2ccccc2C(=O)N2CCN(c3ccc4c(NS(=O)(=O)c5ccc(N[C@H](CCN(C)C)CSc6ccccc6)c([N+](=O)[O-])c5)ncnc4c3)CC2)cc1. The first kappa shape index (κ1) is 42.4. The average molecular weight is 863 g/mol. The molecule has 1 fully saturated rings. The minimum Gasteiger partial charge on any atom is -0.376 e. The van der Waals surface area contributed by atoms with Crippen LogP contribution in [0, 0.1) is 10.1 Å². The van der Waals surface area contributed by atoms with Crippen LogP contribution < -0.4 is 14.9 Å². The van der Waals surface area contributed by atoms with Crippen LogP contribution in [0.25, 0.3) is 22.0 Å². The number of aromatic nitrogens is 2. The Bertz CT molecular complexity index is 2570. The van der Waals surface area contributed by atoms with Crippen molar-refractivity contribution in [1.82, 2.24) is 19.8 Å². The van der Waals surface area contributed by atoms with Crippen LogP contribution in [0.2, 0.25) is 0 Å². The molecule has 0 unspecified atom stereocenters. The Morgan fingerprint density at radius 2 is 1.62 bits per heavy atom. The molecule has 60 heavy (non-hydrogen) atoms. The number of nitrogens with one attached hydrogen (secondary N) is 2. The van der Waals surface area contributed by atoms with Crippen LogP contribution in [0.1, 0.15) is 16.8 Å². The molecular formula is C44H46N8O5S3. The predicted molar refractivity (Wildman–Crippen MR) is 243 cm³/mol. The number of amides is 1. The zero-order valence-corrected chi connectivity index (χ0v) is 36.0. The van der Waals surface area contributed by atoms with Gasteiger partial charge in [-0.15, -0.1) is 23.5 Å². The van der Waals surface area contributed by atoms with E-state index >= 15 is 0 Å². The molecule has 2 heterocycles. The summed E-state index contributed by atoms with van der Waals surface area (Å²) in [5, 5.41) is 16.1. The van der Waals surface area contributed by atoms with Crippen molar-refractivity contribution in [3.63, 3.8) is 0 Å². The lowest BCUT2D eigenvalue weighted by atomic mass is 9.98. The number of nitro benzene ring substituents is 1. The van der Waals surface area contributed by atoms with Crippen molar-refractivity contribution in [1.29, 1.82) is 0 Å². The number of sulfonamides is 1. The molecule has 1 amide bonds. The molecule has 0 radical (unpaired) electrons. The van der Waals surface area contributed by atoms with Crippen LogP contribution in [0.3, 0.4) is 0 Å². The number of carbonyl (C=O) groups is 1. The van der Waals surface area contributed by atoms with Gasteiger partial charge in [0.25, 0.3) is 21.6 Å². The maximum Gasteiger partial charge on any atom is 0.293 e. The molecule has 1 saturated heterocycles. The van der Waals surface area contributed by atoms with Crippen LogP contribution >= 0.6 is 23.5 Å². The average Bonchev–Trinajstić information content (AvgIpc) is 3.27. The molecular weight excluding hydrogens is 817 g/mol. The predicted octanol–water partition coefficient (Wildman–Crippen LogP) is 8.21. The molecule has 16 heteroatoms. The molecule has 1 aliphatic heterocycles. The second-order valence-electron chi connectivity index (χ2n) is 14.6. The highest BCUT2D eigenvalue weighted by molar-refractivity contribution is 7.99. The number of hydrogen-bond donors (Lipinski definition) is 2. The molecule has 1 aromatic heterocycles. The number of piperazine rings is 1. The van der Waals surface area contributed by atoms with E-state index in [1.165, 1.54) is 18.5 Å². The standard InChI is InChI=1S/C44H46N8O5S3/c1-49(2)22-21-32(29-59-35-9-5-4-6-10-35)47-40-20-18-36(28-42(40)52(54)55)60(56,57)48-43-39-19-15-33(27-41(39)45-30-46-43)50-23-25-51(26-24-50)44(53)38-12-8-7-11-37(38)31-13-16-34(58-3)17-14-31/h4-20,27-28,30,32,47H,21-26,29H2,1-3H3,(H,45,46,48)/t32-/m1/s1. The third-order valence-corrected chi connectivity index (χ3v) is 13.6. The quantitative estimate of drug-likeness (QED) is 0.0548. The van der Waals surface area contributed by atoms with E-state index in [0.717, 1.165) is 39.2 Å². The highest BCUT2D eigenvalue weighted by atomic mass is 32.2. The van der Waals surface area contributed by atoms with Crippen LogP contribution in [0.4, 0.5) is 22.9 Å². The molecule has 310 valence electrons. The van der Waals surface area contributed by atoms with E-state index in [9.17, 15) is 23.3 Å². The Balaban J connectivity index is 1.03. The summed E-state index contributed by atoms with van der Waals surface area (Å²) in [7, 11) is -0.359. The zero-order valence-electron chi connectivity index (χ0n) is 33.5. The molecule has 7 rings (SSSR count). The van der Waals surface area contributed by atoms with E-state index in [2.05, 4.69) is 41.9 Å². The third kappa shape index (κ3) is 10.2. The summed E-state index contributed by atoms with van der Waals surface area (Å²) in [4.78, 5) is 42.3. The van der Waals surface area contributed by atoms with Gasteiger partial charge in [-0.1, -0.05) is 48.5 Å². The van der Waals surface area contributed by atoms with Crippen molar-refractivity contribution >= 4 is 73.2 Å². The van der Waals surface area contributed by atoms with Gasteiger partial charge in [0.1, 0.15) is 12.0 Å². The molecule has 5 aromatic carbocycles. The van der Waals surface area contributed by atoms with Gasteiger partial charge in [-0.2, -0.15) is 0 Å². The second-order valence-corrected chi connectivity index (χ2v) is 18.2. The number of anilines is 3. The first-order chi connectivity index (χ1) is 29.0. The first-order valence-corrected chi connectivity index (χ1v) is 23.1. The van der Waals surface area contributed by atoms with E-state index < -0.39 is 14.9 Å².